The SMILES string of the molecule is COC(=O)Cc1cc(C(F)F)nc(Cl)c1OC. The highest BCUT2D eigenvalue weighted by Crippen LogP contribution is 2.31. The van der Waals surface area contributed by atoms with Crippen LogP contribution in [-0.4, -0.2) is 25.2 Å². The molecular formula is C10H10ClF2NO3. The molecule has 17 heavy (non-hydrogen) atoms. The van der Waals surface area contributed by atoms with Crippen molar-refractivity contribution < 1.29 is 23.0 Å². The number of methoxy groups -OCH3 is 2. The molecule has 4 nitrogen and oxygen atoms in total. The largest absolute Gasteiger partial charge is 0.493 e. The lowest BCUT2D eigenvalue weighted by molar-refractivity contribution is -0.139. The molecule has 0 unspecified atom stereocenters. The third-order valence-electron chi connectivity index (χ3n) is 2.02. The fourth-order valence-corrected chi connectivity index (χ4v) is 1.56. The Morgan fingerprint density at radius 1 is 1.53 bits per heavy atom. The van der Waals surface area contributed by atoms with Crippen LogP contribution >= 0.6 is 11.6 Å². The summed E-state index contributed by atoms with van der Waals surface area (Å²) in [6, 6.07) is 1.08. The number of pyridine rings is 1. The molecule has 94 valence electrons. The summed E-state index contributed by atoms with van der Waals surface area (Å²) >= 11 is 5.68. The summed E-state index contributed by atoms with van der Waals surface area (Å²) in [6.45, 7) is 0. The van der Waals surface area contributed by atoms with E-state index < -0.39 is 18.1 Å². The van der Waals surface area contributed by atoms with Crippen molar-refractivity contribution in [1.82, 2.24) is 4.98 Å². The van der Waals surface area contributed by atoms with Gasteiger partial charge in [-0.15, -0.1) is 0 Å². The molecule has 0 atom stereocenters. The second-order valence-corrected chi connectivity index (χ2v) is 3.44. The number of nitrogens with zero attached hydrogens (tertiary/aromatic N) is 1. The van der Waals surface area contributed by atoms with Crippen LogP contribution in [-0.2, 0) is 16.0 Å². The Bertz CT molecular complexity index is 426. The average Bonchev–Trinajstić information content (AvgIpc) is 2.28. The number of halogens is 3. The Hall–Kier alpha value is -1.43. The van der Waals surface area contributed by atoms with Crippen LogP contribution in [0.15, 0.2) is 6.07 Å². The van der Waals surface area contributed by atoms with Crippen molar-refractivity contribution in [2.24, 2.45) is 0 Å². The van der Waals surface area contributed by atoms with Gasteiger partial charge in [-0.3, -0.25) is 4.79 Å². The van der Waals surface area contributed by atoms with Gasteiger partial charge >= 0.3 is 5.97 Å². The number of hydrogen-bond donors (Lipinski definition) is 0. The lowest BCUT2D eigenvalue weighted by atomic mass is 10.1. The van der Waals surface area contributed by atoms with E-state index in [1.165, 1.54) is 14.2 Å². The molecule has 1 aromatic rings. The first-order valence-corrected chi connectivity index (χ1v) is 4.95. The molecule has 0 amide bonds. The van der Waals surface area contributed by atoms with Gasteiger partial charge in [0.15, 0.2) is 10.9 Å². The van der Waals surface area contributed by atoms with Crippen LogP contribution in [0.3, 0.4) is 0 Å². The van der Waals surface area contributed by atoms with Crippen LogP contribution in [0.1, 0.15) is 17.7 Å². The number of carbonyl (C=O) groups is 1. The second kappa shape index (κ2) is 5.77. The number of aromatic nitrogens is 1. The smallest absolute Gasteiger partial charge is 0.310 e. The van der Waals surface area contributed by atoms with Crippen molar-refractivity contribution in [1.29, 1.82) is 0 Å². The minimum atomic E-state index is -2.77. The van der Waals surface area contributed by atoms with E-state index >= 15 is 0 Å². The number of hydrogen-bond acceptors (Lipinski definition) is 4. The zero-order valence-electron chi connectivity index (χ0n) is 9.17. The van der Waals surface area contributed by atoms with Crippen LogP contribution in [0.25, 0.3) is 0 Å². The van der Waals surface area contributed by atoms with Crippen LogP contribution < -0.4 is 4.74 Å². The predicted octanol–water partition coefficient (Wildman–Crippen LogP) is 2.40. The second-order valence-electron chi connectivity index (χ2n) is 3.08. The number of alkyl halides is 2. The quantitative estimate of drug-likeness (QED) is 0.620. The molecular weight excluding hydrogens is 256 g/mol. The molecule has 0 N–H and O–H groups in total. The van der Waals surface area contributed by atoms with E-state index in [0.717, 1.165) is 6.07 Å². The molecule has 0 spiro atoms. The maximum Gasteiger partial charge on any atom is 0.310 e. The summed E-state index contributed by atoms with van der Waals surface area (Å²) in [5, 5.41) is -0.204. The van der Waals surface area contributed by atoms with Gasteiger partial charge in [0, 0.05) is 5.56 Å². The van der Waals surface area contributed by atoms with Gasteiger partial charge in [-0.25, -0.2) is 13.8 Å². The molecule has 0 bridgehead atoms. The van der Waals surface area contributed by atoms with Gasteiger partial charge in [0.25, 0.3) is 6.43 Å². The topological polar surface area (TPSA) is 48.4 Å². The van der Waals surface area contributed by atoms with Crippen LogP contribution in [0.4, 0.5) is 8.78 Å². The average molecular weight is 266 g/mol. The van der Waals surface area contributed by atoms with Crippen molar-refractivity contribution in [3.63, 3.8) is 0 Å². The Morgan fingerprint density at radius 3 is 2.65 bits per heavy atom. The van der Waals surface area contributed by atoms with Crippen molar-refractivity contribution in [3.8, 4) is 5.75 Å². The highest BCUT2D eigenvalue weighted by atomic mass is 35.5. The zero-order chi connectivity index (χ0) is 13.0. The Morgan fingerprint density at radius 2 is 2.18 bits per heavy atom. The number of esters is 1. The highest BCUT2D eigenvalue weighted by molar-refractivity contribution is 6.31. The lowest BCUT2D eigenvalue weighted by Crippen LogP contribution is -2.08. The van der Waals surface area contributed by atoms with E-state index in [2.05, 4.69) is 9.72 Å². The molecule has 0 saturated heterocycles. The third kappa shape index (κ3) is 3.26. The van der Waals surface area contributed by atoms with E-state index in [4.69, 9.17) is 16.3 Å². The van der Waals surface area contributed by atoms with Gasteiger partial charge in [0.1, 0.15) is 5.69 Å². The molecule has 0 radical (unpaired) electrons. The summed E-state index contributed by atoms with van der Waals surface area (Å²) in [5.74, 6) is -0.479. The summed E-state index contributed by atoms with van der Waals surface area (Å²) in [6.07, 6.45) is -2.98. The van der Waals surface area contributed by atoms with Crippen molar-refractivity contribution in [2.45, 2.75) is 12.8 Å². The molecule has 0 aliphatic carbocycles. The van der Waals surface area contributed by atoms with Crippen LogP contribution in [0.5, 0.6) is 5.75 Å². The monoisotopic (exact) mass is 265 g/mol. The fraction of sp³-hybridized carbons (Fsp3) is 0.400. The fourth-order valence-electron chi connectivity index (χ4n) is 1.26. The molecule has 0 saturated carbocycles. The first kappa shape index (κ1) is 13.6. The van der Waals surface area contributed by atoms with Gasteiger partial charge in [0.2, 0.25) is 0 Å². The normalized spacial score (nSPS) is 10.5. The zero-order valence-corrected chi connectivity index (χ0v) is 9.92. The van der Waals surface area contributed by atoms with Crippen LogP contribution in [0.2, 0.25) is 5.15 Å². The maximum absolute atomic E-state index is 12.5. The summed E-state index contributed by atoms with van der Waals surface area (Å²) < 4.78 is 34.4. The molecule has 0 aliphatic rings. The minimum absolute atomic E-state index is 0.0986. The van der Waals surface area contributed by atoms with Gasteiger partial charge in [-0.1, -0.05) is 11.6 Å². The summed E-state index contributed by atoms with van der Waals surface area (Å²) in [7, 11) is 2.51. The van der Waals surface area contributed by atoms with E-state index in [9.17, 15) is 13.6 Å². The Labute approximate surface area is 101 Å². The molecule has 7 heteroatoms. The third-order valence-corrected chi connectivity index (χ3v) is 2.27. The van der Waals surface area contributed by atoms with Crippen LogP contribution in [0, 0.1) is 0 Å². The lowest BCUT2D eigenvalue weighted by Gasteiger charge is -2.11. The Kier molecular flexibility index (Phi) is 4.62. The van der Waals surface area contributed by atoms with Gasteiger partial charge in [-0.2, -0.15) is 0 Å². The van der Waals surface area contributed by atoms with Gasteiger partial charge < -0.3 is 9.47 Å². The van der Waals surface area contributed by atoms with Crippen molar-refractivity contribution >= 4 is 17.6 Å². The minimum Gasteiger partial charge on any atom is -0.493 e. The maximum atomic E-state index is 12.5. The van der Waals surface area contributed by atoms with E-state index in [0.29, 0.717) is 0 Å². The van der Waals surface area contributed by atoms with Gasteiger partial charge in [-0.05, 0) is 6.07 Å². The first-order valence-electron chi connectivity index (χ1n) is 4.57. The predicted molar refractivity (Wildman–Crippen MR) is 56.5 cm³/mol. The molecule has 0 aromatic carbocycles. The molecule has 1 rings (SSSR count). The van der Waals surface area contributed by atoms with E-state index in [1.54, 1.807) is 0 Å². The van der Waals surface area contributed by atoms with Gasteiger partial charge in [0.05, 0.1) is 20.6 Å². The van der Waals surface area contributed by atoms with E-state index in [-0.39, 0.29) is 22.9 Å². The summed E-state index contributed by atoms with van der Waals surface area (Å²) in [5.41, 5.74) is -0.288. The number of ether oxygens (including phenoxy) is 2. The van der Waals surface area contributed by atoms with Crippen molar-refractivity contribution in [2.75, 3.05) is 14.2 Å². The highest BCUT2D eigenvalue weighted by Gasteiger charge is 2.19. The molecule has 0 aliphatic heterocycles. The Balaban J connectivity index is 3.19. The molecule has 1 heterocycles. The molecule has 1 aromatic heterocycles. The standard InChI is InChI=1S/C10H10ClF2NO3/c1-16-7(15)4-5-3-6(10(12)13)14-9(11)8(5)17-2/h3,10H,4H2,1-2H3. The number of rotatable bonds is 4. The van der Waals surface area contributed by atoms with E-state index in [1.807, 2.05) is 0 Å². The number of carbonyl (C=O) groups excluding carboxylic acids is 1. The summed E-state index contributed by atoms with van der Waals surface area (Å²) in [4.78, 5) is 14.6. The first-order chi connectivity index (χ1) is 7.99. The molecule has 0 fully saturated rings. The van der Waals surface area contributed by atoms with Crippen molar-refractivity contribution in [3.05, 3.63) is 22.5 Å².